The highest BCUT2D eigenvalue weighted by atomic mass is 16.5. The predicted octanol–water partition coefficient (Wildman–Crippen LogP) is 1.17. The van der Waals surface area contributed by atoms with Crippen LogP contribution in [0.25, 0.3) is 0 Å². The molecule has 7 heteroatoms. The van der Waals surface area contributed by atoms with Gasteiger partial charge in [0.25, 0.3) is 5.91 Å². The van der Waals surface area contributed by atoms with E-state index in [2.05, 4.69) is 4.74 Å². The molecule has 2 aromatic carbocycles. The molecular weight excluding hydrogens is 360 g/mol. The first-order valence-corrected chi connectivity index (χ1v) is 8.82. The minimum absolute atomic E-state index is 0.126. The minimum Gasteiger partial charge on any atom is -0.468 e. The van der Waals surface area contributed by atoms with E-state index in [0.29, 0.717) is 4.90 Å². The second-order valence-corrected chi connectivity index (χ2v) is 6.43. The summed E-state index contributed by atoms with van der Waals surface area (Å²) in [6.07, 6.45) is 0.239. The zero-order chi connectivity index (χ0) is 20.1. The number of ether oxygens (including phenoxy) is 1. The van der Waals surface area contributed by atoms with Crippen LogP contribution >= 0.6 is 0 Å². The van der Waals surface area contributed by atoms with Gasteiger partial charge in [0.05, 0.1) is 7.11 Å². The summed E-state index contributed by atoms with van der Waals surface area (Å²) in [6.45, 7) is -0.453. The summed E-state index contributed by atoms with van der Waals surface area (Å²) >= 11 is 0. The summed E-state index contributed by atoms with van der Waals surface area (Å²) in [5.74, 6) is -3.18. The number of esters is 1. The molecule has 1 atom stereocenters. The van der Waals surface area contributed by atoms with Crippen LogP contribution in [0.15, 0.2) is 60.7 Å². The smallest absolute Gasteiger partial charge is 0.325 e. The minimum atomic E-state index is -1.02. The fourth-order valence-corrected chi connectivity index (χ4v) is 3.13. The Kier molecular flexibility index (Phi) is 5.84. The topological polar surface area (TPSA) is 84.0 Å². The van der Waals surface area contributed by atoms with E-state index in [1.54, 1.807) is 0 Å². The van der Waals surface area contributed by atoms with E-state index in [0.717, 1.165) is 18.2 Å². The van der Waals surface area contributed by atoms with Crippen LogP contribution in [0.2, 0.25) is 0 Å². The van der Waals surface area contributed by atoms with Crippen molar-refractivity contribution < 1.29 is 23.9 Å². The van der Waals surface area contributed by atoms with E-state index in [1.165, 1.54) is 4.90 Å². The second kappa shape index (κ2) is 8.47. The highest BCUT2D eigenvalue weighted by Crippen LogP contribution is 2.21. The second-order valence-electron chi connectivity index (χ2n) is 6.43. The average Bonchev–Trinajstić information content (AvgIpc) is 2.73. The molecule has 1 heterocycles. The number of amides is 3. The summed E-state index contributed by atoms with van der Waals surface area (Å²) in [7, 11) is 1.16. The number of imide groups is 1. The molecule has 0 saturated carbocycles. The van der Waals surface area contributed by atoms with Gasteiger partial charge >= 0.3 is 17.8 Å². The van der Waals surface area contributed by atoms with Crippen LogP contribution in [0.5, 0.6) is 0 Å². The number of hydrogen-bond acceptors (Lipinski definition) is 5. The molecule has 3 rings (SSSR count). The largest absolute Gasteiger partial charge is 0.468 e. The van der Waals surface area contributed by atoms with Gasteiger partial charge in [0, 0.05) is 13.0 Å². The molecule has 1 unspecified atom stereocenters. The first-order chi connectivity index (χ1) is 13.5. The van der Waals surface area contributed by atoms with Crippen LogP contribution in [0.3, 0.4) is 0 Å². The molecule has 0 bridgehead atoms. The Morgan fingerprint density at radius 2 is 1.46 bits per heavy atom. The third kappa shape index (κ3) is 4.09. The molecule has 144 valence electrons. The molecule has 0 aliphatic carbocycles. The van der Waals surface area contributed by atoms with Crippen LogP contribution in [-0.4, -0.2) is 53.2 Å². The maximum Gasteiger partial charge on any atom is 0.325 e. The van der Waals surface area contributed by atoms with E-state index in [-0.39, 0.29) is 13.0 Å². The van der Waals surface area contributed by atoms with Gasteiger partial charge in [-0.05, 0) is 11.1 Å². The number of carbonyl (C=O) groups excluding carboxylic acids is 4. The Bertz CT molecular complexity index is 882. The summed E-state index contributed by atoms with van der Waals surface area (Å²) in [5, 5.41) is 0. The fraction of sp³-hybridized carbons (Fsp3) is 0.238. The molecule has 1 aliphatic rings. The highest BCUT2D eigenvalue weighted by molar-refractivity contribution is 6.40. The van der Waals surface area contributed by atoms with Crippen molar-refractivity contribution in [2.75, 3.05) is 13.7 Å². The number of benzene rings is 2. The van der Waals surface area contributed by atoms with Gasteiger partial charge in [0.2, 0.25) is 0 Å². The zero-order valence-corrected chi connectivity index (χ0v) is 15.4. The van der Waals surface area contributed by atoms with Gasteiger partial charge in [-0.2, -0.15) is 0 Å². The molecule has 0 spiro atoms. The monoisotopic (exact) mass is 380 g/mol. The molecular formula is C21H20N2O5. The lowest BCUT2D eigenvalue weighted by atomic mass is 9.99. The van der Waals surface area contributed by atoms with Crippen molar-refractivity contribution in [2.45, 2.75) is 19.0 Å². The number of nitrogens with zero attached hydrogens (tertiary/aromatic N) is 2. The molecule has 28 heavy (non-hydrogen) atoms. The highest BCUT2D eigenvalue weighted by Gasteiger charge is 2.46. The van der Waals surface area contributed by atoms with Crippen LogP contribution in [0.4, 0.5) is 0 Å². The van der Waals surface area contributed by atoms with Gasteiger partial charge in [-0.15, -0.1) is 0 Å². The van der Waals surface area contributed by atoms with Crippen molar-refractivity contribution in [3.05, 3.63) is 71.8 Å². The van der Waals surface area contributed by atoms with Crippen LogP contribution in [0, 0.1) is 0 Å². The van der Waals surface area contributed by atoms with Crippen LogP contribution in [-0.2, 0) is 36.9 Å². The van der Waals surface area contributed by atoms with Crippen molar-refractivity contribution in [1.82, 2.24) is 9.80 Å². The summed E-state index contributed by atoms with van der Waals surface area (Å²) in [6, 6.07) is 17.5. The van der Waals surface area contributed by atoms with E-state index in [4.69, 9.17) is 0 Å². The lowest BCUT2D eigenvalue weighted by molar-refractivity contribution is -0.170. The summed E-state index contributed by atoms with van der Waals surface area (Å²) < 4.78 is 4.55. The quantitative estimate of drug-likeness (QED) is 0.427. The third-order valence-electron chi connectivity index (χ3n) is 4.60. The Labute approximate surface area is 162 Å². The molecule has 1 saturated heterocycles. The Balaban J connectivity index is 1.93. The molecule has 2 aromatic rings. The zero-order valence-electron chi connectivity index (χ0n) is 15.4. The average molecular weight is 380 g/mol. The van der Waals surface area contributed by atoms with Crippen LogP contribution < -0.4 is 0 Å². The van der Waals surface area contributed by atoms with Gasteiger partial charge in [-0.25, -0.2) is 0 Å². The van der Waals surface area contributed by atoms with Crippen molar-refractivity contribution >= 4 is 23.7 Å². The Morgan fingerprint density at radius 1 is 0.893 bits per heavy atom. The van der Waals surface area contributed by atoms with Crippen molar-refractivity contribution in [3.8, 4) is 0 Å². The normalized spacial score (nSPS) is 17.0. The molecule has 0 aromatic heterocycles. The molecule has 1 fully saturated rings. The summed E-state index contributed by atoms with van der Waals surface area (Å²) in [4.78, 5) is 51.9. The molecule has 3 amide bonds. The SMILES string of the molecule is COC(=O)CN1C(=O)C(=O)N(Cc2ccccc2)C(Cc2ccccc2)C1=O. The fourth-order valence-electron chi connectivity index (χ4n) is 3.13. The molecule has 7 nitrogen and oxygen atoms in total. The van der Waals surface area contributed by atoms with E-state index in [1.807, 2.05) is 60.7 Å². The van der Waals surface area contributed by atoms with Crippen molar-refractivity contribution in [1.29, 1.82) is 0 Å². The van der Waals surface area contributed by atoms with Gasteiger partial charge in [0.1, 0.15) is 12.6 Å². The Morgan fingerprint density at radius 3 is 2.04 bits per heavy atom. The van der Waals surface area contributed by atoms with E-state index >= 15 is 0 Å². The first kappa shape index (κ1) is 19.3. The van der Waals surface area contributed by atoms with Crippen molar-refractivity contribution in [3.63, 3.8) is 0 Å². The predicted molar refractivity (Wildman–Crippen MR) is 99.7 cm³/mol. The lowest BCUT2D eigenvalue weighted by Gasteiger charge is -2.38. The van der Waals surface area contributed by atoms with Gasteiger partial charge in [0.15, 0.2) is 0 Å². The van der Waals surface area contributed by atoms with Gasteiger partial charge in [-0.1, -0.05) is 60.7 Å². The molecule has 0 N–H and O–H groups in total. The number of carbonyl (C=O) groups is 4. The van der Waals surface area contributed by atoms with E-state index in [9.17, 15) is 19.2 Å². The number of piperazine rings is 1. The number of methoxy groups -OCH3 is 1. The number of hydrogen-bond donors (Lipinski definition) is 0. The first-order valence-electron chi connectivity index (χ1n) is 8.82. The summed E-state index contributed by atoms with van der Waals surface area (Å²) in [5.41, 5.74) is 1.65. The third-order valence-corrected chi connectivity index (χ3v) is 4.60. The maximum absolute atomic E-state index is 13.0. The Hall–Kier alpha value is -3.48. The molecule has 1 aliphatic heterocycles. The van der Waals surface area contributed by atoms with E-state index < -0.39 is 36.3 Å². The lowest BCUT2D eigenvalue weighted by Crippen LogP contribution is -2.63. The van der Waals surface area contributed by atoms with Gasteiger partial charge in [-0.3, -0.25) is 24.1 Å². The standard InChI is InChI=1S/C21H20N2O5/c1-28-18(24)14-23-19(25)17(12-15-8-4-2-5-9-15)22(20(26)21(23)27)13-16-10-6-3-7-11-16/h2-11,17H,12-14H2,1H3. The molecule has 0 radical (unpaired) electrons. The van der Waals surface area contributed by atoms with Crippen molar-refractivity contribution in [2.24, 2.45) is 0 Å². The van der Waals surface area contributed by atoms with Gasteiger partial charge < -0.3 is 9.64 Å². The maximum atomic E-state index is 13.0. The number of rotatable bonds is 6. The van der Waals surface area contributed by atoms with Crippen LogP contribution in [0.1, 0.15) is 11.1 Å².